The smallest absolute Gasteiger partial charge is 0.111 e. The molecular weight excluding hydrogens is 202 g/mol. The number of likely N-dealkylation sites (tertiary alicyclic amines) is 1. The van der Waals surface area contributed by atoms with Crippen LogP contribution in [0.4, 0.5) is 0 Å². The number of hydrogen-bond donors (Lipinski definition) is 2. The third-order valence-corrected chi connectivity index (χ3v) is 3.18. The Morgan fingerprint density at radius 2 is 2.44 bits per heavy atom. The SMILES string of the molecule is CNC(O)C1C=CC(N=C2CCN2C)=CC1. The van der Waals surface area contributed by atoms with E-state index in [2.05, 4.69) is 28.3 Å². The van der Waals surface area contributed by atoms with Gasteiger partial charge in [0.1, 0.15) is 12.1 Å². The van der Waals surface area contributed by atoms with Crippen molar-refractivity contribution >= 4 is 5.84 Å². The maximum atomic E-state index is 9.61. The van der Waals surface area contributed by atoms with Gasteiger partial charge < -0.3 is 10.0 Å². The number of aliphatic imine (C=N–C) groups is 1. The van der Waals surface area contributed by atoms with E-state index < -0.39 is 6.23 Å². The number of amidine groups is 1. The van der Waals surface area contributed by atoms with Crippen molar-refractivity contribution in [3.05, 3.63) is 23.9 Å². The van der Waals surface area contributed by atoms with Crippen LogP contribution < -0.4 is 5.32 Å². The maximum Gasteiger partial charge on any atom is 0.111 e. The van der Waals surface area contributed by atoms with Crippen molar-refractivity contribution in [3.63, 3.8) is 0 Å². The molecular formula is C12H19N3O. The molecule has 2 unspecified atom stereocenters. The summed E-state index contributed by atoms with van der Waals surface area (Å²) in [6, 6.07) is 0. The molecule has 1 fully saturated rings. The number of aliphatic hydroxyl groups is 1. The molecule has 2 N–H and O–H groups in total. The lowest BCUT2D eigenvalue weighted by molar-refractivity contribution is 0.104. The minimum atomic E-state index is -0.465. The molecule has 4 heteroatoms. The summed E-state index contributed by atoms with van der Waals surface area (Å²) in [5.41, 5.74) is 1.01. The summed E-state index contributed by atoms with van der Waals surface area (Å²) in [5, 5.41) is 12.5. The zero-order valence-corrected chi connectivity index (χ0v) is 9.85. The van der Waals surface area contributed by atoms with E-state index in [-0.39, 0.29) is 5.92 Å². The predicted molar refractivity (Wildman–Crippen MR) is 65.1 cm³/mol. The molecule has 0 bridgehead atoms. The lowest BCUT2D eigenvalue weighted by Crippen LogP contribution is -2.40. The van der Waals surface area contributed by atoms with Crippen LogP contribution in [-0.2, 0) is 0 Å². The van der Waals surface area contributed by atoms with Crippen LogP contribution >= 0.6 is 0 Å². The molecule has 0 aromatic carbocycles. The molecule has 0 spiro atoms. The van der Waals surface area contributed by atoms with Gasteiger partial charge in [-0.05, 0) is 19.5 Å². The minimum Gasteiger partial charge on any atom is -0.378 e. The Labute approximate surface area is 96.4 Å². The first-order valence-corrected chi connectivity index (χ1v) is 5.73. The van der Waals surface area contributed by atoms with Crippen LogP contribution in [0.3, 0.4) is 0 Å². The normalized spacial score (nSPS) is 28.9. The molecule has 1 aliphatic carbocycles. The summed E-state index contributed by atoms with van der Waals surface area (Å²) in [6.45, 7) is 1.11. The molecule has 1 saturated heterocycles. The minimum absolute atomic E-state index is 0.160. The summed E-state index contributed by atoms with van der Waals surface area (Å²) in [5.74, 6) is 1.32. The van der Waals surface area contributed by atoms with Gasteiger partial charge in [0.25, 0.3) is 0 Å². The summed E-state index contributed by atoms with van der Waals surface area (Å²) in [6.07, 6.45) is 7.56. The summed E-state index contributed by atoms with van der Waals surface area (Å²) >= 11 is 0. The lowest BCUT2D eigenvalue weighted by atomic mass is 9.98. The first-order chi connectivity index (χ1) is 7.70. The third kappa shape index (κ3) is 2.33. The fourth-order valence-electron chi connectivity index (χ4n) is 1.88. The average Bonchev–Trinajstić information content (AvgIpc) is 2.34. The van der Waals surface area contributed by atoms with Crippen LogP contribution in [0.2, 0.25) is 0 Å². The summed E-state index contributed by atoms with van der Waals surface area (Å²) in [7, 11) is 3.82. The van der Waals surface area contributed by atoms with Gasteiger partial charge >= 0.3 is 0 Å². The highest BCUT2D eigenvalue weighted by atomic mass is 16.3. The Morgan fingerprint density at radius 3 is 2.88 bits per heavy atom. The topological polar surface area (TPSA) is 47.9 Å². The van der Waals surface area contributed by atoms with E-state index in [1.54, 1.807) is 7.05 Å². The van der Waals surface area contributed by atoms with Gasteiger partial charge in [-0.2, -0.15) is 0 Å². The quantitative estimate of drug-likeness (QED) is 0.690. The molecule has 2 atom stereocenters. The number of nitrogens with one attached hydrogen (secondary N) is 1. The molecule has 2 aliphatic rings. The average molecular weight is 221 g/mol. The number of allylic oxidation sites excluding steroid dienone is 2. The van der Waals surface area contributed by atoms with E-state index in [0.717, 1.165) is 30.9 Å². The van der Waals surface area contributed by atoms with Crippen molar-refractivity contribution < 1.29 is 5.11 Å². The Bertz CT molecular complexity index is 346. The van der Waals surface area contributed by atoms with Crippen molar-refractivity contribution in [1.82, 2.24) is 10.2 Å². The van der Waals surface area contributed by atoms with E-state index in [1.165, 1.54) is 0 Å². The highest BCUT2D eigenvalue weighted by molar-refractivity contribution is 5.88. The molecule has 1 heterocycles. The van der Waals surface area contributed by atoms with E-state index >= 15 is 0 Å². The fraction of sp³-hybridized carbons (Fsp3) is 0.583. The molecule has 0 radical (unpaired) electrons. The van der Waals surface area contributed by atoms with E-state index in [1.807, 2.05) is 12.2 Å². The van der Waals surface area contributed by atoms with Gasteiger partial charge in [-0.1, -0.05) is 12.2 Å². The molecule has 1 aliphatic heterocycles. The highest BCUT2D eigenvalue weighted by Gasteiger charge is 2.19. The molecule has 16 heavy (non-hydrogen) atoms. The Hall–Kier alpha value is -1.13. The first-order valence-electron chi connectivity index (χ1n) is 5.73. The van der Waals surface area contributed by atoms with Crippen LogP contribution in [0.1, 0.15) is 12.8 Å². The zero-order valence-electron chi connectivity index (χ0n) is 9.85. The monoisotopic (exact) mass is 221 g/mol. The fourth-order valence-corrected chi connectivity index (χ4v) is 1.88. The van der Waals surface area contributed by atoms with E-state index in [0.29, 0.717) is 0 Å². The zero-order chi connectivity index (χ0) is 11.5. The molecule has 4 nitrogen and oxygen atoms in total. The van der Waals surface area contributed by atoms with E-state index in [4.69, 9.17) is 0 Å². The van der Waals surface area contributed by atoms with Crippen LogP contribution in [0, 0.1) is 5.92 Å². The number of aliphatic hydroxyl groups excluding tert-OH is 1. The van der Waals surface area contributed by atoms with Crippen LogP contribution in [0.25, 0.3) is 0 Å². The molecule has 2 rings (SSSR count). The molecule has 0 aromatic heterocycles. The van der Waals surface area contributed by atoms with Gasteiger partial charge in [0.05, 0.1) is 5.70 Å². The predicted octanol–water partition coefficient (Wildman–Crippen LogP) is 0.718. The number of hydrogen-bond acceptors (Lipinski definition) is 3. The van der Waals surface area contributed by atoms with E-state index in [9.17, 15) is 5.11 Å². The van der Waals surface area contributed by atoms with Crippen LogP contribution in [-0.4, -0.2) is 42.7 Å². The highest BCUT2D eigenvalue weighted by Crippen LogP contribution is 2.21. The van der Waals surface area contributed by atoms with Crippen LogP contribution in [0.15, 0.2) is 28.9 Å². The van der Waals surface area contributed by atoms with Crippen LogP contribution in [0.5, 0.6) is 0 Å². The second-order valence-corrected chi connectivity index (χ2v) is 4.32. The van der Waals surface area contributed by atoms with Crippen molar-refractivity contribution in [2.24, 2.45) is 10.9 Å². The van der Waals surface area contributed by atoms with Crippen molar-refractivity contribution in [2.45, 2.75) is 19.1 Å². The van der Waals surface area contributed by atoms with Crippen molar-refractivity contribution in [3.8, 4) is 0 Å². The van der Waals surface area contributed by atoms with Gasteiger partial charge in [-0.15, -0.1) is 0 Å². The number of nitrogens with zero attached hydrogens (tertiary/aromatic N) is 2. The standard InChI is InChI=1S/C12H19N3O/c1-13-12(16)9-3-5-10(6-4-9)14-11-7-8-15(11)2/h3,5-6,9,12-13,16H,4,7-8H2,1-2H3. The molecule has 88 valence electrons. The second kappa shape index (κ2) is 4.80. The second-order valence-electron chi connectivity index (χ2n) is 4.32. The summed E-state index contributed by atoms with van der Waals surface area (Å²) in [4.78, 5) is 6.71. The van der Waals surface area contributed by atoms with Gasteiger partial charge in [-0.25, -0.2) is 4.99 Å². The third-order valence-electron chi connectivity index (χ3n) is 3.18. The molecule has 0 aromatic rings. The Kier molecular flexibility index (Phi) is 3.41. The Balaban J connectivity index is 1.94. The van der Waals surface area contributed by atoms with Gasteiger partial charge in [0.2, 0.25) is 0 Å². The largest absolute Gasteiger partial charge is 0.378 e. The molecule has 0 saturated carbocycles. The van der Waals surface area contributed by atoms with Crippen molar-refractivity contribution in [2.75, 3.05) is 20.6 Å². The Morgan fingerprint density at radius 1 is 1.62 bits per heavy atom. The first kappa shape index (κ1) is 11.4. The van der Waals surface area contributed by atoms with Gasteiger partial charge in [0.15, 0.2) is 0 Å². The molecule has 0 amide bonds. The lowest BCUT2D eigenvalue weighted by Gasteiger charge is -2.31. The maximum absolute atomic E-state index is 9.61. The van der Waals surface area contributed by atoms with Gasteiger partial charge in [-0.3, -0.25) is 5.32 Å². The number of rotatable bonds is 3. The van der Waals surface area contributed by atoms with Gasteiger partial charge in [0, 0.05) is 25.9 Å². The summed E-state index contributed by atoms with van der Waals surface area (Å²) < 4.78 is 0. The van der Waals surface area contributed by atoms with Crippen molar-refractivity contribution in [1.29, 1.82) is 0 Å².